The number of para-hydroxylation sites is 2. The van der Waals surface area contributed by atoms with Crippen molar-refractivity contribution in [2.24, 2.45) is 5.10 Å². The number of methoxy groups -OCH3 is 2. The van der Waals surface area contributed by atoms with E-state index in [1.807, 2.05) is 24.5 Å². The predicted octanol–water partition coefficient (Wildman–Crippen LogP) is 4.60. The zero-order chi connectivity index (χ0) is 28.9. The molecule has 1 N–H and O–H groups in total. The molecule has 0 bridgehead atoms. The largest absolute Gasteiger partial charge is 0.497 e. The van der Waals surface area contributed by atoms with Crippen molar-refractivity contribution in [1.29, 1.82) is 0 Å². The number of sulfonamides is 1. The number of nitrogens with zero attached hydrogens (tertiary/aromatic N) is 3. The zero-order valence-electron chi connectivity index (χ0n) is 22.5. The topological polar surface area (TPSA) is 102 Å². The molecule has 3 aromatic carbocycles. The summed E-state index contributed by atoms with van der Waals surface area (Å²) in [6.07, 6.45) is 1.48. The second-order valence-corrected chi connectivity index (χ2v) is 10.7. The molecular weight excluding hydrogens is 535 g/mol. The number of rotatable bonds is 10. The van der Waals surface area contributed by atoms with E-state index in [1.165, 1.54) is 56.8 Å². The smallest absolute Gasteiger partial charge is 0.264 e. The van der Waals surface area contributed by atoms with Crippen molar-refractivity contribution in [3.8, 4) is 17.2 Å². The highest BCUT2D eigenvalue weighted by atomic mass is 32.2. The average molecular weight is 565 g/mol. The normalized spacial score (nSPS) is 11.4. The lowest BCUT2D eigenvalue weighted by atomic mass is 10.2. The second-order valence-electron chi connectivity index (χ2n) is 8.79. The maximum atomic E-state index is 13.7. The van der Waals surface area contributed by atoms with Crippen molar-refractivity contribution in [3.05, 3.63) is 102 Å². The SMILES string of the molecule is COc1ccc(S(=O)(=O)N(CC(=O)N/N=C\c2cc(C)n(-c3ccc(F)cc3)c2C)c2ccccc2OC)cc1. The van der Waals surface area contributed by atoms with E-state index in [0.717, 1.165) is 26.9 Å². The van der Waals surface area contributed by atoms with Crippen LogP contribution < -0.4 is 19.2 Å². The number of aryl methyl sites for hydroxylation is 1. The van der Waals surface area contributed by atoms with E-state index in [-0.39, 0.29) is 22.1 Å². The van der Waals surface area contributed by atoms with E-state index in [4.69, 9.17) is 9.47 Å². The molecule has 0 atom stereocenters. The van der Waals surface area contributed by atoms with Gasteiger partial charge in [0.25, 0.3) is 15.9 Å². The van der Waals surface area contributed by atoms with Gasteiger partial charge in [-0.05, 0) is 80.6 Å². The quantitative estimate of drug-likeness (QED) is 0.224. The Labute approximate surface area is 232 Å². The molecule has 4 rings (SSSR count). The predicted molar refractivity (Wildman–Crippen MR) is 151 cm³/mol. The van der Waals surface area contributed by atoms with Crippen molar-refractivity contribution >= 4 is 27.8 Å². The molecule has 0 spiro atoms. The molecular formula is C29H29FN4O5S. The van der Waals surface area contributed by atoms with Gasteiger partial charge in [-0.25, -0.2) is 18.2 Å². The molecule has 0 unspecified atom stereocenters. The summed E-state index contributed by atoms with van der Waals surface area (Å²) in [5.41, 5.74) is 5.86. The molecule has 208 valence electrons. The Hall–Kier alpha value is -4.64. The highest BCUT2D eigenvalue weighted by Crippen LogP contribution is 2.32. The van der Waals surface area contributed by atoms with Gasteiger partial charge in [-0.1, -0.05) is 12.1 Å². The Kier molecular flexibility index (Phi) is 8.54. The Morgan fingerprint density at radius 2 is 1.68 bits per heavy atom. The number of aromatic nitrogens is 1. The van der Waals surface area contributed by atoms with E-state index in [1.54, 1.807) is 36.4 Å². The third-order valence-electron chi connectivity index (χ3n) is 6.24. The highest BCUT2D eigenvalue weighted by molar-refractivity contribution is 7.92. The van der Waals surface area contributed by atoms with Crippen LogP contribution in [-0.4, -0.2) is 45.9 Å². The van der Waals surface area contributed by atoms with Crippen molar-refractivity contribution in [2.75, 3.05) is 25.1 Å². The summed E-state index contributed by atoms with van der Waals surface area (Å²) in [4.78, 5) is 12.9. The van der Waals surface area contributed by atoms with Crippen molar-refractivity contribution in [2.45, 2.75) is 18.7 Å². The average Bonchev–Trinajstić information content (AvgIpc) is 3.24. The van der Waals surface area contributed by atoms with E-state index in [0.29, 0.717) is 5.75 Å². The summed E-state index contributed by atoms with van der Waals surface area (Å²) in [5.74, 6) is -0.212. The first kappa shape index (κ1) is 28.4. The van der Waals surface area contributed by atoms with Crippen molar-refractivity contribution in [1.82, 2.24) is 9.99 Å². The van der Waals surface area contributed by atoms with Gasteiger partial charge in [0, 0.05) is 22.6 Å². The number of hydrogen-bond donors (Lipinski definition) is 1. The third-order valence-corrected chi connectivity index (χ3v) is 8.01. The van der Waals surface area contributed by atoms with Crippen molar-refractivity contribution < 1.29 is 27.1 Å². The first-order valence-corrected chi connectivity index (χ1v) is 13.7. The van der Waals surface area contributed by atoms with Crippen LogP contribution >= 0.6 is 0 Å². The molecule has 11 heteroatoms. The van der Waals surface area contributed by atoms with Gasteiger partial charge < -0.3 is 14.0 Å². The van der Waals surface area contributed by atoms with Crippen LogP contribution in [0.25, 0.3) is 5.69 Å². The molecule has 1 amide bonds. The Morgan fingerprint density at radius 1 is 1.00 bits per heavy atom. The number of ether oxygens (including phenoxy) is 2. The maximum Gasteiger partial charge on any atom is 0.264 e. The monoisotopic (exact) mass is 564 g/mol. The second kappa shape index (κ2) is 12.0. The van der Waals surface area contributed by atoms with Crippen LogP contribution in [0.4, 0.5) is 10.1 Å². The molecule has 1 aromatic heterocycles. The van der Waals surface area contributed by atoms with Gasteiger partial charge >= 0.3 is 0 Å². The summed E-state index contributed by atoms with van der Waals surface area (Å²) < 4.78 is 54.1. The summed E-state index contributed by atoms with van der Waals surface area (Å²) in [6, 6.07) is 20.4. The van der Waals surface area contributed by atoms with Gasteiger partial charge in [0.1, 0.15) is 23.9 Å². The summed E-state index contributed by atoms with van der Waals surface area (Å²) in [6.45, 7) is 3.23. The van der Waals surface area contributed by atoms with Crippen LogP contribution in [-0.2, 0) is 14.8 Å². The Morgan fingerprint density at radius 3 is 2.33 bits per heavy atom. The molecule has 0 saturated carbocycles. The molecule has 0 aliphatic rings. The molecule has 0 radical (unpaired) electrons. The van der Waals surface area contributed by atoms with Crippen LogP contribution in [0, 0.1) is 19.7 Å². The number of hydrazone groups is 1. The van der Waals surface area contributed by atoms with E-state index in [9.17, 15) is 17.6 Å². The Balaban J connectivity index is 1.58. The Bertz CT molecular complexity index is 1630. The minimum Gasteiger partial charge on any atom is -0.497 e. The number of halogens is 1. The fraction of sp³-hybridized carbons (Fsp3) is 0.172. The number of hydrogen-bond acceptors (Lipinski definition) is 6. The van der Waals surface area contributed by atoms with Gasteiger partial charge in [-0.2, -0.15) is 5.10 Å². The van der Waals surface area contributed by atoms with Crippen LogP contribution in [0.1, 0.15) is 17.0 Å². The molecule has 9 nitrogen and oxygen atoms in total. The number of benzene rings is 3. The van der Waals surface area contributed by atoms with Crippen LogP contribution in [0.15, 0.2) is 88.9 Å². The third kappa shape index (κ3) is 5.99. The molecule has 0 fully saturated rings. The number of nitrogens with one attached hydrogen (secondary N) is 1. The minimum absolute atomic E-state index is 0.0243. The van der Waals surface area contributed by atoms with E-state index in [2.05, 4.69) is 10.5 Å². The maximum absolute atomic E-state index is 13.7. The molecule has 40 heavy (non-hydrogen) atoms. The summed E-state index contributed by atoms with van der Waals surface area (Å²) in [5, 5.41) is 4.06. The standard InChI is InChI=1S/C29H29FN4O5S/c1-20-17-22(21(2)34(20)24-11-9-23(30)10-12-24)18-31-32-29(35)19-33(27-7-5-6-8-28(27)39-4)40(36,37)26-15-13-25(38-3)14-16-26/h5-18H,19H2,1-4H3,(H,32,35)/b31-18-. The summed E-state index contributed by atoms with van der Waals surface area (Å²) >= 11 is 0. The van der Waals surface area contributed by atoms with Crippen LogP contribution in [0.3, 0.4) is 0 Å². The van der Waals surface area contributed by atoms with E-state index < -0.39 is 22.5 Å². The number of anilines is 1. The molecule has 0 aliphatic heterocycles. The highest BCUT2D eigenvalue weighted by Gasteiger charge is 2.29. The molecule has 1 heterocycles. The molecule has 0 saturated heterocycles. The van der Waals surface area contributed by atoms with Gasteiger partial charge in [-0.3, -0.25) is 9.10 Å². The van der Waals surface area contributed by atoms with Crippen LogP contribution in [0.5, 0.6) is 11.5 Å². The van der Waals surface area contributed by atoms with E-state index >= 15 is 0 Å². The number of carbonyl (C=O) groups excluding carboxylic acids is 1. The van der Waals surface area contributed by atoms with Gasteiger partial charge in [0.2, 0.25) is 0 Å². The molecule has 4 aromatic rings. The van der Waals surface area contributed by atoms with Gasteiger partial charge in [0.15, 0.2) is 0 Å². The summed E-state index contributed by atoms with van der Waals surface area (Å²) in [7, 11) is -1.27. The lowest BCUT2D eigenvalue weighted by molar-refractivity contribution is -0.119. The van der Waals surface area contributed by atoms with Crippen LogP contribution in [0.2, 0.25) is 0 Å². The lowest BCUT2D eigenvalue weighted by Gasteiger charge is -2.25. The number of amides is 1. The minimum atomic E-state index is -4.17. The lowest BCUT2D eigenvalue weighted by Crippen LogP contribution is -2.39. The van der Waals surface area contributed by atoms with Gasteiger partial charge in [-0.15, -0.1) is 0 Å². The zero-order valence-corrected chi connectivity index (χ0v) is 23.3. The molecule has 0 aliphatic carbocycles. The fourth-order valence-corrected chi connectivity index (χ4v) is 5.69. The van der Waals surface area contributed by atoms with Crippen molar-refractivity contribution in [3.63, 3.8) is 0 Å². The van der Waals surface area contributed by atoms with Gasteiger partial charge in [0.05, 0.1) is 31.0 Å². The number of carbonyl (C=O) groups is 1. The fourth-order valence-electron chi connectivity index (χ4n) is 4.26. The first-order chi connectivity index (χ1) is 19.1. The first-order valence-electron chi connectivity index (χ1n) is 12.2.